The molecule has 0 fully saturated rings. The fourth-order valence-electron chi connectivity index (χ4n) is 3.53. The molecule has 0 saturated carbocycles. The van der Waals surface area contributed by atoms with E-state index in [-0.39, 0.29) is 5.69 Å². The monoisotopic (exact) mass is 534 g/mol. The van der Waals surface area contributed by atoms with Crippen LogP contribution in [0.3, 0.4) is 0 Å². The number of benzene rings is 3. The third-order valence-corrected chi connectivity index (χ3v) is 5.61. The Morgan fingerprint density at radius 1 is 0.886 bits per heavy atom. The summed E-state index contributed by atoms with van der Waals surface area (Å²) in [5, 5.41) is 6.09. The van der Waals surface area contributed by atoms with Crippen molar-refractivity contribution in [3.05, 3.63) is 88.5 Å². The summed E-state index contributed by atoms with van der Waals surface area (Å²) in [5.41, 5.74) is 5.26. The molecule has 3 N–H and O–H groups in total. The van der Waals surface area contributed by atoms with Gasteiger partial charge >= 0.3 is 11.8 Å². The molecule has 0 bridgehead atoms. The van der Waals surface area contributed by atoms with Gasteiger partial charge in [0.1, 0.15) is 11.4 Å². The number of halogens is 1. The number of nitrogens with one attached hydrogen (secondary N) is 3. The number of ether oxygens (including phenoxy) is 1. The molecule has 0 saturated heterocycles. The minimum absolute atomic E-state index is 0.156. The van der Waals surface area contributed by atoms with E-state index in [0.717, 1.165) is 10.0 Å². The standard InChI is InChI=1S/C26H23BrN4O4/c1-3-35-21-10-8-19(9-11-21)28-24(32)23-15-17-14-18(27)7-12-22(17)31(23)30-26(34)25(33)29-20-6-4-5-16(2)13-20/h4-15H,3H2,1-2H3,(H,28,32)(H,29,33)(H,30,34). The lowest BCUT2D eigenvalue weighted by atomic mass is 10.2. The number of aryl methyl sites for hydroxylation is 1. The number of hydrogen-bond donors (Lipinski definition) is 3. The van der Waals surface area contributed by atoms with E-state index < -0.39 is 17.7 Å². The zero-order valence-electron chi connectivity index (χ0n) is 19.1. The van der Waals surface area contributed by atoms with E-state index in [2.05, 4.69) is 32.0 Å². The van der Waals surface area contributed by atoms with Crippen molar-refractivity contribution in [3.63, 3.8) is 0 Å². The van der Waals surface area contributed by atoms with Gasteiger partial charge in [-0.3, -0.25) is 19.8 Å². The maximum Gasteiger partial charge on any atom is 0.328 e. The summed E-state index contributed by atoms with van der Waals surface area (Å²) < 4.78 is 7.55. The SMILES string of the molecule is CCOc1ccc(NC(=O)c2cc3cc(Br)ccc3n2NC(=O)C(=O)Nc2cccc(C)c2)cc1. The second-order valence-electron chi connectivity index (χ2n) is 7.74. The highest BCUT2D eigenvalue weighted by molar-refractivity contribution is 9.10. The van der Waals surface area contributed by atoms with Crippen molar-refractivity contribution in [2.45, 2.75) is 13.8 Å². The Labute approximate surface area is 210 Å². The van der Waals surface area contributed by atoms with Crippen molar-refractivity contribution >= 4 is 55.9 Å². The van der Waals surface area contributed by atoms with Gasteiger partial charge in [0.25, 0.3) is 5.91 Å². The molecule has 1 aromatic heterocycles. The van der Waals surface area contributed by atoms with Crippen LogP contribution in [0.15, 0.2) is 77.3 Å². The minimum atomic E-state index is -0.915. The highest BCUT2D eigenvalue weighted by Crippen LogP contribution is 2.24. The molecule has 1 heterocycles. The van der Waals surface area contributed by atoms with E-state index in [1.54, 1.807) is 60.7 Å². The predicted molar refractivity (Wildman–Crippen MR) is 139 cm³/mol. The molecule has 4 rings (SSSR count). The zero-order chi connectivity index (χ0) is 24.9. The van der Waals surface area contributed by atoms with E-state index in [4.69, 9.17) is 4.74 Å². The minimum Gasteiger partial charge on any atom is -0.494 e. The molecule has 0 aliphatic heterocycles. The van der Waals surface area contributed by atoms with Crippen LogP contribution in [0.5, 0.6) is 5.75 Å². The van der Waals surface area contributed by atoms with E-state index >= 15 is 0 Å². The molecule has 9 heteroatoms. The van der Waals surface area contributed by atoms with E-state index in [1.807, 2.05) is 26.0 Å². The molecule has 8 nitrogen and oxygen atoms in total. The number of nitrogens with zero attached hydrogens (tertiary/aromatic N) is 1. The fourth-order valence-corrected chi connectivity index (χ4v) is 3.91. The van der Waals surface area contributed by atoms with Crippen LogP contribution in [0.1, 0.15) is 23.0 Å². The van der Waals surface area contributed by atoms with Gasteiger partial charge in [-0.25, -0.2) is 4.68 Å². The zero-order valence-corrected chi connectivity index (χ0v) is 20.7. The third kappa shape index (κ3) is 5.70. The number of rotatable bonds is 6. The Bertz CT molecular complexity index is 1410. The van der Waals surface area contributed by atoms with Gasteiger partial charge in [-0.05, 0) is 80.1 Å². The summed E-state index contributed by atoms with van der Waals surface area (Å²) in [6, 6.07) is 21.0. The first kappa shape index (κ1) is 24.0. The average molecular weight is 535 g/mol. The number of carbonyl (C=O) groups is 3. The lowest BCUT2D eigenvalue weighted by Gasteiger charge is -2.13. The molecule has 3 aromatic carbocycles. The summed E-state index contributed by atoms with van der Waals surface area (Å²) >= 11 is 3.42. The van der Waals surface area contributed by atoms with Crippen LogP contribution in [-0.4, -0.2) is 29.0 Å². The highest BCUT2D eigenvalue weighted by atomic mass is 79.9. The van der Waals surface area contributed by atoms with Crippen molar-refractivity contribution in [2.24, 2.45) is 0 Å². The lowest BCUT2D eigenvalue weighted by Crippen LogP contribution is -2.36. The van der Waals surface area contributed by atoms with Crippen molar-refractivity contribution in [1.82, 2.24) is 4.68 Å². The molecule has 35 heavy (non-hydrogen) atoms. The van der Waals surface area contributed by atoms with Crippen LogP contribution in [-0.2, 0) is 9.59 Å². The first-order valence-corrected chi connectivity index (χ1v) is 11.7. The maximum absolute atomic E-state index is 13.2. The molecular formula is C26H23BrN4O4. The molecule has 0 unspecified atom stereocenters. The van der Waals surface area contributed by atoms with Gasteiger partial charge in [-0.2, -0.15) is 0 Å². The van der Waals surface area contributed by atoms with Crippen LogP contribution < -0.4 is 20.8 Å². The summed E-state index contributed by atoms with van der Waals surface area (Å²) in [7, 11) is 0. The first-order valence-electron chi connectivity index (χ1n) is 10.9. The van der Waals surface area contributed by atoms with E-state index in [1.165, 1.54) is 4.68 Å². The van der Waals surface area contributed by atoms with Gasteiger partial charge in [0.2, 0.25) is 0 Å². The van der Waals surface area contributed by atoms with Crippen LogP contribution in [0.2, 0.25) is 0 Å². The van der Waals surface area contributed by atoms with Crippen molar-refractivity contribution in [3.8, 4) is 5.75 Å². The number of carbonyl (C=O) groups excluding carboxylic acids is 3. The Kier molecular flexibility index (Phi) is 7.17. The topological polar surface area (TPSA) is 101 Å². The molecule has 0 aliphatic carbocycles. The number of fused-ring (bicyclic) bond motifs is 1. The molecule has 0 radical (unpaired) electrons. The van der Waals surface area contributed by atoms with Crippen molar-refractivity contribution < 1.29 is 19.1 Å². The first-order chi connectivity index (χ1) is 16.8. The Hall–Kier alpha value is -4.11. The average Bonchev–Trinajstić information content (AvgIpc) is 3.18. The molecule has 0 atom stereocenters. The molecule has 178 valence electrons. The summed E-state index contributed by atoms with van der Waals surface area (Å²) in [6.45, 7) is 4.32. The second kappa shape index (κ2) is 10.4. The van der Waals surface area contributed by atoms with Crippen LogP contribution in [0, 0.1) is 6.92 Å². The van der Waals surface area contributed by atoms with Crippen molar-refractivity contribution in [2.75, 3.05) is 22.7 Å². The fraction of sp³-hybridized carbons (Fsp3) is 0.115. The largest absolute Gasteiger partial charge is 0.494 e. The Balaban J connectivity index is 1.59. The normalized spacial score (nSPS) is 10.6. The molecule has 0 spiro atoms. The highest BCUT2D eigenvalue weighted by Gasteiger charge is 2.21. The molecule has 3 amide bonds. The number of anilines is 2. The maximum atomic E-state index is 13.2. The Morgan fingerprint density at radius 2 is 1.66 bits per heavy atom. The van der Waals surface area contributed by atoms with Gasteiger partial charge in [0.15, 0.2) is 0 Å². The third-order valence-electron chi connectivity index (χ3n) is 5.11. The van der Waals surface area contributed by atoms with Gasteiger partial charge < -0.3 is 15.4 Å². The van der Waals surface area contributed by atoms with Gasteiger partial charge in [-0.15, -0.1) is 0 Å². The smallest absolute Gasteiger partial charge is 0.328 e. The predicted octanol–water partition coefficient (Wildman–Crippen LogP) is 5.07. The molecule has 4 aromatic rings. The number of hydrogen-bond acceptors (Lipinski definition) is 4. The summed E-state index contributed by atoms with van der Waals surface area (Å²) in [6.07, 6.45) is 0. The number of aromatic nitrogens is 1. The second-order valence-corrected chi connectivity index (χ2v) is 8.66. The summed E-state index contributed by atoms with van der Waals surface area (Å²) in [4.78, 5) is 38.4. The lowest BCUT2D eigenvalue weighted by molar-refractivity contribution is -0.133. The van der Waals surface area contributed by atoms with Crippen LogP contribution >= 0.6 is 15.9 Å². The quantitative estimate of drug-likeness (QED) is 0.300. The van der Waals surface area contributed by atoms with Crippen molar-refractivity contribution in [1.29, 1.82) is 0 Å². The van der Waals surface area contributed by atoms with Gasteiger partial charge in [0, 0.05) is 21.2 Å². The van der Waals surface area contributed by atoms with Gasteiger partial charge in [-0.1, -0.05) is 28.1 Å². The number of amides is 3. The van der Waals surface area contributed by atoms with Crippen LogP contribution in [0.25, 0.3) is 10.9 Å². The molecular weight excluding hydrogens is 512 g/mol. The van der Waals surface area contributed by atoms with Gasteiger partial charge in [0.05, 0.1) is 12.1 Å². The van der Waals surface area contributed by atoms with E-state index in [0.29, 0.717) is 34.6 Å². The van der Waals surface area contributed by atoms with E-state index in [9.17, 15) is 14.4 Å². The van der Waals surface area contributed by atoms with Crippen LogP contribution in [0.4, 0.5) is 11.4 Å². The summed E-state index contributed by atoms with van der Waals surface area (Å²) in [5.74, 6) is -1.54. The molecule has 0 aliphatic rings. The Morgan fingerprint density at radius 3 is 2.37 bits per heavy atom.